The number of carbonyl (C=O) groups is 1. The topological polar surface area (TPSA) is 17.1 Å². The normalized spacial score (nSPS) is 12.5. The van der Waals surface area contributed by atoms with Gasteiger partial charge in [-0.3, -0.25) is 4.79 Å². The van der Waals surface area contributed by atoms with Crippen molar-refractivity contribution >= 4 is 17.4 Å². The lowest BCUT2D eigenvalue weighted by Crippen LogP contribution is -2.11. The summed E-state index contributed by atoms with van der Waals surface area (Å²) in [7, 11) is 0. The zero-order chi connectivity index (χ0) is 11.4. The average molecular weight is 225 g/mol. The highest BCUT2D eigenvalue weighted by molar-refractivity contribution is 6.34. The van der Waals surface area contributed by atoms with Crippen LogP contribution >= 0.6 is 11.6 Å². The molecule has 82 valence electrons. The molecule has 0 aromatic heterocycles. The third-order valence-electron chi connectivity index (χ3n) is 2.56. The summed E-state index contributed by atoms with van der Waals surface area (Å²) < 4.78 is 0. The summed E-state index contributed by atoms with van der Waals surface area (Å²) in [5.74, 6) is 0.222. The van der Waals surface area contributed by atoms with E-state index in [2.05, 4.69) is 6.92 Å². The van der Waals surface area contributed by atoms with E-state index in [1.807, 2.05) is 26.0 Å². The van der Waals surface area contributed by atoms with E-state index in [1.54, 1.807) is 6.07 Å². The van der Waals surface area contributed by atoms with Crippen molar-refractivity contribution in [3.8, 4) is 0 Å². The molecule has 0 aliphatic carbocycles. The molecular weight excluding hydrogens is 208 g/mol. The molecule has 0 bridgehead atoms. The lowest BCUT2D eigenvalue weighted by Gasteiger charge is -2.10. The molecule has 2 heteroatoms. The first-order valence-corrected chi connectivity index (χ1v) is 5.74. The summed E-state index contributed by atoms with van der Waals surface area (Å²) in [6.45, 7) is 6.02. The lowest BCUT2D eigenvalue weighted by molar-refractivity contribution is 0.0923. The summed E-state index contributed by atoms with van der Waals surface area (Å²) >= 11 is 6.01. The molecule has 1 aromatic carbocycles. The number of hydrogen-bond donors (Lipinski definition) is 0. The van der Waals surface area contributed by atoms with Gasteiger partial charge >= 0.3 is 0 Å². The van der Waals surface area contributed by atoms with Crippen LogP contribution in [0.4, 0.5) is 0 Å². The van der Waals surface area contributed by atoms with Crippen molar-refractivity contribution in [3.05, 3.63) is 34.3 Å². The molecule has 1 aromatic rings. The second kappa shape index (κ2) is 5.32. The van der Waals surface area contributed by atoms with E-state index in [-0.39, 0.29) is 11.7 Å². The second-order valence-corrected chi connectivity index (χ2v) is 4.44. The Kier molecular flexibility index (Phi) is 4.34. The minimum atomic E-state index is 0.0642. The van der Waals surface area contributed by atoms with E-state index in [9.17, 15) is 4.79 Å². The Hall–Kier alpha value is -0.820. The minimum Gasteiger partial charge on any atom is -0.294 e. The maximum Gasteiger partial charge on any atom is 0.167 e. The van der Waals surface area contributed by atoms with Gasteiger partial charge in [-0.1, -0.05) is 43.5 Å². The average Bonchev–Trinajstić information content (AvgIpc) is 2.21. The summed E-state index contributed by atoms with van der Waals surface area (Å²) in [6.07, 6.45) is 1.94. The molecule has 1 rings (SSSR count). The Labute approximate surface area is 96.5 Å². The van der Waals surface area contributed by atoms with Crippen molar-refractivity contribution in [1.29, 1.82) is 0 Å². The SMILES string of the molecule is CCCC(C)C(=O)c1cc(C)ccc1Cl. The highest BCUT2D eigenvalue weighted by Crippen LogP contribution is 2.22. The molecule has 0 spiro atoms. The number of carbonyl (C=O) groups excluding carboxylic acids is 1. The lowest BCUT2D eigenvalue weighted by atomic mass is 9.94. The van der Waals surface area contributed by atoms with Gasteiger partial charge in [0.25, 0.3) is 0 Å². The molecule has 0 aliphatic rings. The van der Waals surface area contributed by atoms with Gasteiger partial charge in [0.1, 0.15) is 0 Å². The second-order valence-electron chi connectivity index (χ2n) is 4.04. The van der Waals surface area contributed by atoms with Crippen LogP contribution in [-0.2, 0) is 0 Å². The van der Waals surface area contributed by atoms with Gasteiger partial charge in [0.15, 0.2) is 5.78 Å². The fourth-order valence-electron chi connectivity index (χ4n) is 1.66. The zero-order valence-electron chi connectivity index (χ0n) is 9.51. The van der Waals surface area contributed by atoms with E-state index in [0.29, 0.717) is 10.6 Å². The van der Waals surface area contributed by atoms with Crippen molar-refractivity contribution in [2.24, 2.45) is 5.92 Å². The molecule has 0 N–H and O–H groups in total. The van der Waals surface area contributed by atoms with E-state index in [1.165, 1.54) is 0 Å². The monoisotopic (exact) mass is 224 g/mol. The van der Waals surface area contributed by atoms with E-state index in [0.717, 1.165) is 18.4 Å². The fraction of sp³-hybridized carbons (Fsp3) is 0.462. The van der Waals surface area contributed by atoms with Crippen molar-refractivity contribution in [2.75, 3.05) is 0 Å². The van der Waals surface area contributed by atoms with Gasteiger partial charge in [0.05, 0.1) is 5.02 Å². The van der Waals surface area contributed by atoms with Crippen LogP contribution in [0.15, 0.2) is 18.2 Å². The standard InChI is InChI=1S/C13H17ClO/c1-4-5-10(3)13(15)11-8-9(2)6-7-12(11)14/h6-8,10H,4-5H2,1-3H3. The van der Waals surface area contributed by atoms with Crippen LogP contribution in [0.3, 0.4) is 0 Å². The first-order valence-electron chi connectivity index (χ1n) is 5.36. The summed E-state index contributed by atoms with van der Waals surface area (Å²) in [5.41, 5.74) is 1.74. The van der Waals surface area contributed by atoms with Crippen molar-refractivity contribution in [1.82, 2.24) is 0 Å². The fourth-order valence-corrected chi connectivity index (χ4v) is 1.87. The van der Waals surface area contributed by atoms with Crippen LogP contribution in [0.1, 0.15) is 42.6 Å². The zero-order valence-corrected chi connectivity index (χ0v) is 10.3. The Morgan fingerprint density at radius 1 is 1.47 bits per heavy atom. The van der Waals surface area contributed by atoms with Gasteiger partial charge in [-0.25, -0.2) is 0 Å². The van der Waals surface area contributed by atoms with Crippen LogP contribution in [0.2, 0.25) is 5.02 Å². The van der Waals surface area contributed by atoms with Gasteiger partial charge in [0.2, 0.25) is 0 Å². The molecule has 1 unspecified atom stereocenters. The molecular formula is C13H17ClO. The molecule has 0 saturated heterocycles. The highest BCUT2D eigenvalue weighted by atomic mass is 35.5. The van der Waals surface area contributed by atoms with Crippen LogP contribution in [0.5, 0.6) is 0 Å². The Balaban J connectivity index is 2.95. The van der Waals surface area contributed by atoms with Gasteiger partial charge in [-0.15, -0.1) is 0 Å². The summed E-state index contributed by atoms with van der Waals surface area (Å²) in [4.78, 5) is 12.0. The predicted molar refractivity (Wildman–Crippen MR) is 64.6 cm³/mol. The third-order valence-corrected chi connectivity index (χ3v) is 2.89. The van der Waals surface area contributed by atoms with E-state index >= 15 is 0 Å². The van der Waals surface area contributed by atoms with E-state index in [4.69, 9.17) is 11.6 Å². The molecule has 0 radical (unpaired) electrons. The highest BCUT2D eigenvalue weighted by Gasteiger charge is 2.16. The maximum absolute atomic E-state index is 12.0. The number of rotatable bonds is 4. The molecule has 0 aliphatic heterocycles. The quantitative estimate of drug-likeness (QED) is 0.699. The molecule has 0 amide bonds. The summed E-state index contributed by atoms with van der Waals surface area (Å²) in [5, 5.41) is 0.563. The number of aryl methyl sites for hydroxylation is 1. The predicted octanol–water partition coefficient (Wildman–Crippen LogP) is 4.27. The van der Waals surface area contributed by atoms with Crippen molar-refractivity contribution < 1.29 is 4.79 Å². The number of hydrogen-bond acceptors (Lipinski definition) is 1. The molecule has 1 nitrogen and oxygen atoms in total. The first kappa shape index (κ1) is 12.3. The Morgan fingerprint density at radius 2 is 2.13 bits per heavy atom. The molecule has 15 heavy (non-hydrogen) atoms. The summed E-state index contributed by atoms with van der Waals surface area (Å²) in [6, 6.07) is 5.59. The molecule has 0 heterocycles. The molecule has 0 saturated carbocycles. The van der Waals surface area contributed by atoms with Crippen LogP contribution in [-0.4, -0.2) is 5.78 Å². The smallest absolute Gasteiger partial charge is 0.167 e. The van der Waals surface area contributed by atoms with Crippen molar-refractivity contribution in [3.63, 3.8) is 0 Å². The number of Topliss-reactive ketones (excluding diaryl/α,β-unsaturated/α-hetero) is 1. The van der Waals surface area contributed by atoms with E-state index < -0.39 is 0 Å². The Bertz CT molecular complexity index is 358. The molecule has 0 fully saturated rings. The maximum atomic E-state index is 12.0. The minimum absolute atomic E-state index is 0.0642. The van der Waals surface area contributed by atoms with Crippen LogP contribution in [0, 0.1) is 12.8 Å². The number of benzene rings is 1. The number of ketones is 1. The third kappa shape index (κ3) is 3.07. The number of halogens is 1. The molecule has 1 atom stereocenters. The van der Waals surface area contributed by atoms with Gasteiger partial charge < -0.3 is 0 Å². The Morgan fingerprint density at radius 3 is 2.73 bits per heavy atom. The van der Waals surface area contributed by atoms with Crippen LogP contribution < -0.4 is 0 Å². The largest absolute Gasteiger partial charge is 0.294 e. The first-order chi connectivity index (χ1) is 7.06. The van der Waals surface area contributed by atoms with Crippen molar-refractivity contribution in [2.45, 2.75) is 33.6 Å². The van der Waals surface area contributed by atoms with Gasteiger partial charge in [-0.2, -0.15) is 0 Å². The van der Waals surface area contributed by atoms with Crippen LogP contribution in [0.25, 0.3) is 0 Å². The van der Waals surface area contributed by atoms with Gasteiger partial charge in [-0.05, 0) is 25.5 Å². The van der Waals surface area contributed by atoms with Gasteiger partial charge in [0, 0.05) is 11.5 Å².